The van der Waals surface area contributed by atoms with Crippen molar-refractivity contribution < 1.29 is 26.4 Å². The lowest BCUT2D eigenvalue weighted by Crippen LogP contribution is -2.32. The molecule has 0 unspecified atom stereocenters. The molecule has 1 aliphatic rings. The molecule has 0 atom stereocenters. The smallest absolute Gasteiger partial charge is 0.352 e. The number of aromatic nitrogens is 1. The number of benzene rings is 1. The molecule has 0 bridgehead atoms. The van der Waals surface area contributed by atoms with Crippen molar-refractivity contribution in [3.63, 3.8) is 0 Å². The van der Waals surface area contributed by atoms with Gasteiger partial charge in [-0.3, -0.25) is 4.79 Å². The molecule has 1 amide bonds. The Balaban J connectivity index is 1.63. The van der Waals surface area contributed by atoms with Crippen LogP contribution in [0.5, 0.6) is 0 Å². The van der Waals surface area contributed by atoms with Crippen LogP contribution in [-0.2, 0) is 16.0 Å². The summed E-state index contributed by atoms with van der Waals surface area (Å²) in [7, 11) is -3.91. The number of carbonyl (C=O) groups is 1. The summed E-state index contributed by atoms with van der Waals surface area (Å²) in [6, 6.07) is 6.94. The van der Waals surface area contributed by atoms with Gasteiger partial charge in [0.1, 0.15) is 5.03 Å². The van der Waals surface area contributed by atoms with E-state index in [9.17, 15) is 26.4 Å². The zero-order chi connectivity index (χ0) is 21.8. The van der Waals surface area contributed by atoms with E-state index in [1.165, 1.54) is 12.6 Å². The monoisotopic (exact) mass is 458 g/mol. The molecule has 0 aliphatic heterocycles. The third-order valence-electron chi connectivity index (χ3n) is 4.90. The van der Waals surface area contributed by atoms with Gasteiger partial charge in [0, 0.05) is 18.5 Å². The number of rotatable bonds is 8. The normalized spacial score (nSPS) is 14.9. The van der Waals surface area contributed by atoms with Crippen LogP contribution in [0.1, 0.15) is 35.2 Å². The molecule has 1 aromatic carbocycles. The molecule has 5 nitrogen and oxygen atoms in total. The number of nitrogens with zero attached hydrogens (tertiary/aromatic N) is 1. The molecule has 1 aliphatic carbocycles. The first kappa shape index (κ1) is 22.6. The van der Waals surface area contributed by atoms with Gasteiger partial charge in [0.2, 0.25) is 0 Å². The number of sulfone groups is 1. The average molecular weight is 459 g/mol. The zero-order valence-corrected chi connectivity index (χ0v) is 17.6. The second-order valence-electron chi connectivity index (χ2n) is 7.06. The Morgan fingerprint density at radius 1 is 1.20 bits per heavy atom. The molecule has 3 rings (SSSR count). The maximum Gasteiger partial charge on any atom is 0.416 e. The van der Waals surface area contributed by atoms with Gasteiger partial charge >= 0.3 is 6.18 Å². The van der Waals surface area contributed by atoms with Crippen LogP contribution in [0.25, 0.3) is 0 Å². The Bertz CT molecular complexity index is 1010. The standard InChI is InChI=1S/C20H21F3N2O3S2/c21-20(22,23)15-6-2-7-16(12-15)30(27,28)11-10-29-19-17(8-3-9-24-19)18(26)25-13-14-4-1-5-14/h2-3,6-9,12,14H,1,4-5,10-11,13H2,(H,25,26). The molecule has 30 heavy (non-hydrogen) atoms. The summed E-state index contributed by atoms with van der Waals surface area (Å²) in [4.78, 5) is 16.2. The summed E-state index contributed by atoms with van der Waals surface area (Å²) in [5.74, 6) is -0.0884. The van der Waals surface area contributed by atoms with Crippen LogP contribution in [0.15, 0.2) is 52.5 Å². The lowest BCUT2D eigenvalue weighted by Gasteiger charge is -2.25. The Kier molecular flexibility index (Phi) is 7.07. The maximum absolute atomic E-state index is 12.8. The highest BCUT2D eigenvalue weighted by Gasteiger charge is 2.31. The zero-order valence-electron chi connectivity index (χ0n) is 16.0. The van der Waals surface area contributed by atoms with Crippen molar-refractivity contribution in [2.75, 3.05) is 18.1 Å². The topological polar surface area (TPSA) is 76.1 Å². The minimum absolute atomic E-state index is 0.0541. The number of thioether (sulfide) groups is 1. The fourth-order valence-electron chi connectivity index (χ4n) is 2.94. The predicted octanol–water partition coefficient (Wildman–Crippen LogP) is 4.20. The van der Waals surface area contributed by atoms with Crippen LogP contribution < -0.4 is 5.32 Å². The maximum atomic E-state index is 12.8. The fourth-order valence-corrected chi connectivity index (χ4v) is 5.62. The molecule has 0 spiro atoms. The Morgan fingerprint density at radius 2 is 1.97 bits per heavy atom. The van der Waals surface area contributed by atoms with E-state index in [0.717, 1.165) is 42.8 Å². The van der Waals surface area contributed by atoms with Crippen LogP contribution in [0, 0.1) is 5.92 Å². The number of nitrogens with one attached hydrogen (secondary N) is 1. The SMILES string of the molecule is O=C(NCC1CCC1)c1cccnc1SCCS(=O)(=O)c1cccc(C(F)(F)F)c1. The van der Waals surface area contributed by atoms with Gasteiger partial charge < -0.3 is 5.32 Å². The summed E-state index contributed by atoms with van der Waals surface area (Å²) in [6.07, 6.45) is 0.266. The van der Waals surface area contributed by atoms with Gasteiger partial charge in [-0.15, -0.1) is 11.8 Å². The molecule has 0 saturated heterocycles. The second-order valence-corrected chi connectivity index (χ2v) is 10.2. The van der Waals surface area contributed by atoms with E-state index in [1.54, 1.807) is 12.1 Å². The van der Waals surface area contributed by atoms with Gasteiger partial charge in [0.15, 0.2) is 9.84 Å². The number of hydrogen-bond donors (Lipinski definition) is 1. The number of carbonyl (C=O) groups excluding carboxylic acids is 1. The molecule has 1 N–H and O–H groups in total. The van der Waals surface area contributed by atoms with Gasteiger partial charge in [-0.1, -0.05) is 12.5 Å². The molecule has 1 fully saturated rings. The highest BCUT2D eigenvalue weighted by Crippen LogP contribution is 2.31. The largest absolute Gasteiger partial charge is 0.416 e. The Hall–Kier alpha value is -2.07. The van der Waals surface area contributed by atoms with Gasteiger partial charge in [-0.05, 0) is 49.1 Å². The van der Waals surface area contributed by atoms with Crippen LogP contribution in [0.2, 0.25) is 0 Å². The first-order chi connectivity index (χ1) is 14.2. The Labute approximate surface area is 177 Å². The van der Waals surface area contributed by atoms with Gasteiger partial charge in [0.05, 0.1) is 21.8 Å². The second kappa shape index (κ2) is 9.38. The van der Waals surface area contributed by atoms with E-state index in [2.05, 4.69) is 10.3 Å². The van der Waals surface area contributed by atoms with Crippen LogP contribution in [-0.4, -0.2) is 37.4 Å². The van der Waals surface area contributed by atoms with E-state index >= 15 is 0 Å². The minimum Gasteiger partial charge on any atom is -0.352 e. The van der Waals surface area contributed by atoms with Crippen molar-refractivity contribution in [1.29, 1.82) is 0 Å². The molecule has 162 valence electrons. The highest BCUT2D eigenvalue weighted by atomic mass is 32.2. The van der Waals surface area contributed by atoms with Gasteiger partial charge in [-0.2, -0.15) is 13.2 Å². The molecule has 1 heterocycles. The van der Waals surface area contributed by atoms with Crippen molar-refractivity contribution in [1.82, 2.24) is 10.3 Å². The van der Waals surface area contributed by atoms with E-state index in [4.69, 9.17) is 0 Å². The number of halogens is 3. The molecule has 1 saturated carbocycles. The van der Waals surface area contributed by atoms with Crippen LogP contribution in [0.3, 0.4) is 0 Å². The van der Waals surface area contributed by atoms with Crippen LogP contribution in [0.4, 0.5) is 13.2 Å². The third kappa shape index (κ3) is 5.75. The molecule has 10 heteroatoms. The van der Waals surface area contributed by atoms with E-state index < -0.39 is 21.6 Å². The molecule has 1 aromatic heterocycles. The van der Waals surface area contributed by atoms with Gasteiger partial charge in [0.25, 0.3) is 5.91 Å². The van der Waals surface area contributed by atoms with Crippen molar-refractivity contribution in [3.8, 4) is 0 Å². The summed E-state index contributed by atoms with van der Waals surface area (Å²) in [5, 5.41) is 3.27. The number of pyridine rings is 1. The number of amides is 1. The molecule has 0 radical (unpaired) electrons. The molecular formula is C20H21F3N2O3S2. The summed E-state index contributed by atoms with van der Waals surface area (Å²) < 4.78 is 63.4. The van der Waals surface area contributed by atoms with Crippen molar-refractivity contribution >= 4 is 27.5 Å². The van der Waals surface area contributed by atoms with E-state index in [-0.39, 0.29) is 22.3 Å². The van der Waals surface area contributed by atoms with Crippen molar-refractivity contribution in [2.24, 2.45) is 5.92 Å². The minimum atomic E-state index is -4.62. The quantitative estimate of drug-likeness (QED) is 0.600. The van der Waals surface area contributed by atoms with E-state index in [0.29, 0.717) is 29.1 Å². The summed E-state index contributed by atoms with van der Waals surface area (Å²) in [5.41, 5.74) is -0.648. The lowest BCUT2D eigenvalue weighted by molar-refractivity contribution is -0.137. The average Bonchev–Trinajstić information content (AvgIpc) is 2.66. The first-order valence-electron chi connectivity index (χ1n) is 9.43. The summed E-state index contributed by atoms with van der Waals surface area (Å²) >= 11 is 1.09. The lowest BCUT2D eigenvalue weighted by atomic mass is 9.85. The van der Waals surface area contributed by atoms with Crippen LogP contribution >= 0.6 is 11.8 Å². The predicted molar refractivity (Wildman–Crippen MR) is 108 cm³/mol. The van der Waals surface area contributed by atoms with Crippen molar-refractivity contribution in [3.05, 3.63) is 53.7 Å². The fraction of sp³-hybridized carbons (Fsp3) is 0.400. The van der Waals surface area contributed by atoms with E-state index in [1.807, 2.05) is 0 Å². The third-order valence-corrected chi connectivity index (χ3v) is 7.88. The number of hydrogen-bond acceptors (Lipinski definition) is 5. The summed E-state index contributed by atoms with van der Waals surface area (Å²) in [6.45, 7) is 0.599. The van der Waals surface area contributed by atoms with Gasteiger partial charge in [-0.25, -0.2) is 13.4 Å². The first-order valence-corrected chi connectivity index (χ1v) is 12.1. The molecule has 2 aromatic rings. The number of alkyl halides is 3. The highest BCUT2D eigenvalue weighted by molar-refractivity contribution is 8.00. The van der Waals surface area contributed by atoms with Crippen molar-refractivity contribution in [2.45, 2.75) is 35.4 Å². The Morgan fingerprint density at radius 3 is 2.63 bits per heavy atom. The molecular weight excluding hydrogens is 437 g/mol.